The van der Waals surface area contributed by atoms with E-state index in [1.54, 1.807) is 19.0 Å². The van der Waals surface area contributed by atoms with Gasteiger partial charge in [-0.3, -0.25) is 18.7 Å². The fraction of sp³-hybridized carbons (Fsp3) is 0.409. The maximum Gasteiger partial charge on any atom is 0.332 e. The molecule has 0 atom stereocenters. The third-order valence-corrected chi connectivity index (χ3v) is 5.92. The van der Waals surface area contributed by atoms with Crippen molar-refractivity contribution in [3.05, 3.63) is 57.4 Å². The molecule has 0 radical (unpaired) electrons. The second-order valence-corrected chi connectivity index (χ2v) is 7.83. The lowest BCUT2D eigenvalue weighted by Gasteiger charge is -2.31. The molecule has 0 saturated heterocycles. The largest absolute Gasteiger partial charge is 0.341 e. The van der Waals surface area contributed by atoms with Gasteiger partial charge in [0.1, 0.15) is 11.9 Å². The molecule has 156 valence electrons. The fourth-order valence-corrected chi connectivity index (χ4v) is 4.07. The van der Waals surface area contributed by atoms with Crippen LogP contribution in [0.5, 0.6) is 0 Å². The number of nitrogens with zero attached hydrogens (tertiary/aromatic N) is 5. The Morgan fingerprint density at radius 2 is 1.83 bits per heavy atom. The van der Waals surface area contributed by atoms with Crippen molar-refractivity contribution in [1.29, 1.82) is 0 Å². The normalized spacial score (nSPS) is 14.7. The number of hydrogen-bond acceptors (Lipinski definition) is 5. The summed E-state index contributed by atoms with van der Waals surface area (Å²) in [7, 11) is 3.31. The topological polar surface area (TPSA) is 90.1 Å². The average Bonchev–Trinajstić information content (AvgIpc) is 2.80. The van der Waals surface area contributed by atoms with Gasteiger partial charge in [-0.1, -0.05) is 49.6 Å². The van der Waals surface area contributed by atoms with Crippen LogP contribution >= 0.6 is 0 Å². The van der Waals surface area contributed by atoms with Crippen LogP contribution in [0.3, 0.4) is 0 Å². The van der Waals surface area contributed by atoms with Gasteiger partial charge < -0.3 is 4.90 Å². The average molecular weight is 407 g/mol. The fourth-order valence-electron chi connectivity index (χ4n) is 4.07. The summed E-state index contributed by atoms with van der Waals surface area (Å²) in [6.07, 6.45) is 6.74. The van der Waals surface area contributed by atoms with E-state index in [-0.39, 0.29) is 29.5 Å². The van der Waals surface area contributed by atoms with E-state index >= 15 is 0 Å². The monoisotopic (exact) mass is 407 g/mol. The molecule has 1 aliphatic carbocycles. The maximum absolute atomic E-state index is 13.0. The molecule has 2 heterocycles. The van der Waals surface area contributed by atoms with Gasteiger partial charge in [-0.25, -0.2) is 14.8 Å². The Kier molecular flexibility index (Phi) is 5.48. The number of likely N-dealkylation sites (N-methyl/N-ethyl adjacent to an activating group) is 1. The first-order chi connectivity index (χ1) is 14.5. The molecule has 1 saturated carbocycles. The number of fused-ring (bicyclic) bond motifs is 1. The summed E-state index contributed by atoms with van der Waals surface area (Å²) in [6.45, 7) is -0.283. The van der Waals surface area contributed by atoms with Gasteiger partial charge in [0, 0.05) is 31.9 Å². The molecule has 1 aliphatic rings. The summed E-state index contributed by atoms with van der Waals surface area (Å²) in [5, 5.41) is 0.213. The minimum Gasteiger partial charge on any atom is -0.341 e. The quantitative estimate of drug-likeness (QED) is 0.659. The van der Waals surface area contributed by atoms with Crippen molar-refractivity contribution in [2.75, 3.05) is 7.05 Å². The first-order valence-electron chi connectivity index (χ1n) is 10.2. The van der Waals surface area contributed by atoms with Gasteiger partial charge in [0.25, 0.3) is 5.56 Å². The minimum absolute atomic E-state index is 0.169. The van der Waals surface area contributed by atoms with E-state index < -0.39 is 11.2 Å². The number of hydrogen-bond donors (Lipinski definition) is 0. The zero-order valence-corrected chi connectivity index (χ0v) is 17.2. The van der Waals surface area contributed by atoms with Gasteiger partial charge in [-0.2, -0.15) is 0 Å². The zero-order valence-electron chi connectivity index (χ0n) is 17.2. The predicted molar refractivity (Wildman–Crippen MR) is 114 cm³/mol. The highest BCUT2D eigenvalue weighted by atomic mass is 16.2. The van der Waals surface area contributed by atoms with E-state index in [1.807, 2.05) is 30.3 Å². The number of amides is 1. The first kappa shape index (κ1) is 20.0. The van der Waals surface area contributed by atoms with Crippen molar-refractivity contribution < 1.29 is 4.79 Å². The second-order valence-electron chi connectivity index (χ2n) is 7.83. The van der Waals surface area contributed by atoms with Gasteiger partial charge in [0.2, 0.25) is 5.91 Å². The molecule has 4 rings (SSSR count). The highest BCUT2D eigenvalue weighted by Crippen LogP contribution is 2.21. The van der Waals surface area contributed by atoms with Crippen LogP contribution in [0.4, 0.5) is 0 Å². The summed E-state index contributed by atoms with van der Waals surface area (Å²) in [5.41, 5.74) is -0.0581. The molecule has 0 bridgehead atoms. The molecule has 8 heteroatoms. The lowest BCUT2D eigenvalue weighted by molar-refractivity contribution is -0.133. The molecule has 0 unspecified atom stereocenters. The van der Waals surface area contributed by atoms with E-state index in [4.69, 9.17) is 0 Å². The van der Waals surface area contributed by atoms with Crippen LogP contribution < -0.4 is 11.2 Å². The third kappa shape index (κ3) is 3.65. The van der Waals surface area contributed by atoms with E-state index in [2.05, 4.69) is 9.97 Å². The minimum atomic E-state index is -0.560. The van der Waals surface area contributed by atoms with E-state index in [0.717, 1.165) is 35.8 Å². The molecular formula is C22H25N5O3. The second kappa shape index (κ2) is 8.22. The molecule has 8 nitrogen and oxygen atoms in total. The summed E-state index contributed by atoms with van der Waals surface area (Å²) in [6, 6.07) is 9.52. The Morgan fingerprint density at radius 3 is 2.53 bits per heavy atom. The van der Waals surface area contributed by atoms with Gasteiger partial charge in [0.15, 0.2) is 11.5 Å². The molecule has 2 aromatic heterocycles. The van der Waals surface area contributed by atoms with Crippen molar-refractivity contribution in [3.8, 4) is 11.4 Å². The van der Waals surface area contributed by atoms with Crippen LogP contribution in [0.2, 0.25) is 0 Å². The molecule has 30 heavy (non-hydrogen) atoms. The number of aromatic nitrogens is 4. The Labute approximate surface area is 173 Å². The van der Waals surface area contributed by atoms with Crippen molar-refractivity contribution in [1.82, 2.24) is 24.0 Å². The number of benzene rings is 1. The SMILES string of the molecule is CN(C(=O)Cn1c(=O)c2cnc(-c3ccccc3)nc2n(C)c1=O)C1CCCCC1. The summed E-state index contributed by atoms with van der Waals surface area (Å²) >= 11 is 0. The van der Waals surface area contributed by atoms with E-state index in [0.29, 0.717) is 5.82 Å². The molecular weight excluding hydrogens is 382 g/mol. The van der Waals surface area contributed by atoms with Crippen molar-refractivity contribution in [2.45, 2.75) is 44.7 Å². The molecule has 0 spiro atoms. The number of carbonyl (C=O) groups excluding carboxylic acids is 1. The zero-order chi connectivity index (χ0) is 21.3. The number of carbonyl (C=O) groups is 1. The molecule has 0 aliphatic heterocycles. The first-order valence-corrected chi connectivity index (χ1v) is 10.2. The van der Waals surface area contributed by atoms with Gasteiger partial charge in [-0.15, -0.1) is 0 Å². The standard InChI is InChI=1S/C22H25N5O3/c1-25(16-11-7-4-8-12-16)18(28)14-27-21(29)17-13-23-19(15-9-5-3-6-10-15)24-20(17)26(2)22(27)30/h3,5-6,9-10,13,16H,4,7-8,11-12,14H2,1-2H3. The number of aryl methyl sites for hydroxylation is 1. The van der Waals surface area contributed by atoms with E-state index in [1.165, 1.54) is 17.2 Å². The lowest BCUT2D eigenvalue weighted by atomic mass is 9.94. The van der Waals surface area contributed by atoms with Crippen LogP contribution in [0.15, 0.2) is 46.1 Å². The lowest BCUT2D eigenvalue weighted by Crippen LogP contribution is -2.46. The van der Waals surface area contributed by atoms with Crippen LogP contribution in [-0.2, 0) is 18.4 Å². The van der Waals surface area contributed by atoms with Crippen molar-refractivity contribution >= 4 is 16.9 Å². The van der Waals surface area contributed by atoms with Crippen LogP contribution in [-0.4, -0.2) is 43.0 Å². The van der Waals surface area contributed by atoms with Crippen molar-refractivity contribution in [3.63, 3.8) is 0 Å². The maximum atomic E-state index is 13.0. The van der Waals surface area contributed by atoms with Crippen LogP contribution in [0.1, 0.15) is 32.1 Å². The molecule has 0 N–H and O–H groups in total. The van der Waals surface area contributed by atoms with Gasteiger partial charge >= 0.3 is 5.69 Å². The number of rotatable bonds is 4. The van der Waals surface area contributed by atoms with Crippen LogP contribution in [0.25, 0.3) is 22.4 Å². The Hall–Kier alpha value is -3.29. The Bertz CT molecular complexity index is 1190. The smallest absolute Gasteiger partial charge is 0.332 e. The third-order valence-electron chi connectivity index (χ3n) is 5.92. The summed E-state index contributed by atoms with van der Waals surface area (Å²) in [5.74, 6) is 0.200. The summed E-state index contributed by atoms with van der Waals surface area (Å²) < 4.78 is 2.29. The van der Waals surface area contributed by atoms with Crippen LogP contribution in [0, 0.1) is 0 Å². The van der Waals surface area contributed by atoms with Crippen molar-refractivity contribution in [2.24, 2.45) is 7.05 Å². The Morgan fingerprint density at radius 1 is 1.13 bits per heavy atom. The summed E-state index contributed by atoms with van der Waals surface area (Å²) in [4.78, 5) is 49.1. The van der Waals surface area contributed by atoms with E-state index in [9.17, 15) is 14.4 Å². The molecule has 1 aromatic carbocycles. The molecule has 1 amide bonds. The highest BCUT2D eigenvalue weighted by Gasteiger charge is 2.24. The molecule has 1 fully saturated rings. The van der Waals surface area contributed by atoms with Gasteiger partial charge in [0.05, 0.1) is 0 Å². The predicted octanol–water partition coefficient (Wildman–Crippen LogP) is 1.95. The van der Waals surface area contributed by atoms with Gasteiger partial charge in [-0.05, 0) is 12.8 Å². The molecule has 3 aromatic rings. The highest BCUT2D eigenvalue weighted by molar-refractivity contribution is 5.78. The Balaban J connectivity index is 1.70.